The summed E-state index contributed by atoms with van der Waals surface area (Å²) in [5.74, 6) is -0.356. The van der Waals surface area contributed by atoms with Crippen LogP contribution in [0.1, 0.15) is 44.6 Å². The van der Waals surface area contributed by atoms with Crippen LogP contribution in [0, 0.1) is 0 Å². The predicted molar refractivity (Wildman–Crippen MR) is 184 cm³/mol. The largest absolute Gasteiger partial charge is 0.495 e. The van der Waals surface area contributed by atoms with Gasteiger partial charge in [-0.25, -0.2) is 8.42 Å². The minimum atomic E-state index is -4.47. The standard InChI is InChI=1S/C33H38Cl3N3O7S/c1-21(33(41)37-24-8-6-5-7-9-24)38(19-22-10-13-26(35)27(36)16-22)32(40)20-39(28-17-23(34)11-14-29(28)44-2)47(42,43)25-12-15-30(45-3)31(18-25)46-4/h10-18,21,24H,5-9,19-20H2,1-4H3,(H,37,41)/t21-/m0/s1. The molecule has 0 aromatic heterocycles. The maximum Gasteiger partial charge on any atom is 0.265 e. The Bertz CT molecular complexity index is 1700. The molecule has 14 heteroatoms. The highest BCUT2D eigenvalue weighted by Gasteiger charge is 2.35. The molecule has 0 unspecified atom stereocenters. The first-order valence-corrected chi connectivity index (χ1v) is 17.6. The number of halogens is 3. The van der Waals surface area contributed by atoms with Gasteiger partial charge in [-0.05, 0) is 67.8 Å². The third kappa shape index (κ3) is 8.76. The van der Waals surface area contributed by atoms with Gasteiger partial charge < -0.3 is 24.4 Å². The summed E-state index contributed by atoms with van der Waals surface area (Å²) in [4.78, 5) is 29.1. The molecule has 1 aliphatic carbocycles. The van der Waals surface area contributed by atoms with E-state index in [4.69, 9.17) is 49.0 Å². The summed E-state index contributed by atoms with van der Waals surface area (Å²) in [6, 6.07) is 12.5. The first kappa shape index (κ1) is 36.5. The second-order valence-corrected chi connectivity index (χ2v) is 14.2. The number of benzene rings is 3. The minimum absolute atomic E-state index is 0.00159. The van der Waals surface area contributed by atoms with Gasteiger partial charge in [-0.2, -0.15) is 0 Å². The van der Waals surface area contributed by atoms with Gasteiger partial charge >= 0.3 is 0 Å². The highest BCUT2D eigenvalue weighted by atomic mass is 35.5. The smallest absolute Gasteiger partial charge is 0.265 e. The van der Waals surface area contributed by atoms with Crippen molar-refractivity contribution in [2.45, 2.75) is 62.6 Å². The van der Waals surface area contributed by atoms with Crippen LogP contribution in [0.2, 0.25) is 15.1 Å². The highest BCUT2D eigenvalue weighted by Crippen LogP contribution is 2.37. The number of carbonyl (C=O) groups is 2. The number of anilines is 1. The van der Waals surface area contributed by atoms with Gasteiger partial charge in [-0.1, -0.05) is 60.1 Å². The molecule has 0 saturated heterocycles. The van der Waals surface area contributed by atoms with Gasteiger partial charge in [-0.15, -0.1) is 0 Å². The third-order valence-electron chi connectivity index (χ3n) is 8.09. The number of amides is 2. The Kier molecular flexibility index (Phi) is 12.5. The minimum Gasteiger partial charge on any atom is -0.495 e. The number of methoxy groups -OCH3 is 3. The first-order valence-electron chi connectivity index (χ1n) is 15.0. The molecule has 0 heterocycles. The van der Waals surface area contributed by atoms with Crippen molar-refractivity contribution in [3.63, 3.8) is 0 Å². The van der Waals surface area contributed by atoms with Gasteiger partial charge in [0.05, 0.1) is 42.0 Å². The number of ether oxygens (including phenoxy) is 3. The molecular formula is C33H38Cl3N3O7S. The van der Waals surface area contributed by atoms with E-state index < -0.39 is 28.5 Å². The van der Waals surface area contributed by atoms with Crippen molar-refractivity contribution < 1.29 is 32.2 Å². The molecule has 254 valence electrons. The summed E-state index contributed by atoms with van der Waals surface area (Å²) in [6.45, 7) is 0.863. The lowest BCUT2D eigenvalue weighted by Gasteiger charge is -2.33. The van der Waals surface area contributed by atoms with Crippen molar-refractivity contribution in [1.29, 1.82) is 0 Å². The first-order chi connectivity index (χ1) is 22.4. The monoisotopic (exact) mass is 725 g/mol. The lowest BCUT2D eigenvalue weighted by Crippen LogP contribution is -2.53. The Labute approximate surface area is 290 Å². The molecule has 4 rings (SSSR count). The van der Waals surface area contributed by atoms with E-state index in [1.165, 1.54) is 56.6 Å². The van der Waals surface area contributed by atoms with Crippen molar-refractivity contribution in [3.05, 3.63) is 75.2 Å². The average molecular weight is 727 g/mol. The number of nitrogens with zero attached hydrogens (tertiary/aromatic N) is 2. The Morgan fingerprint density at radius 1 is 0.851 bits per heavy atom. The number of hydrogen-bond donors (Lipinski definition) is 1. The van der Waals surface area contributed by atoms with E-state index in [1.807, 2.05) is 0 Å². The molecule has 1 aliphatic rings. The summed E-state index contributed by atoms with van der Waals surface area (Å²) in [6.07, 6.45) is 4.84. The quantitative estimate of drug-likeness (QED) is 0.208. The van der Waals surface area contributed by atoms with Crippen molar-refractivity contribution in [3.8, 4) is 17.2 Å². The summed E-state index contributed by atoms with van der Waals surface area (Å²) in [5, 5.41) is 3.90. The number of rotatable bonds is 13. The third-order valence-corrected chi connectivity index (χ3v) is 10.8. The molecule has 2 amide bonds. The van der Waals surface area contributed by atoms with Crippen molar-refractivity contribution in [1.82, 2.24) is 10.2 Å². The summed E-state index contributed by atoms with van der Waals surface area (Å²) in [5.41, 5.74) is 0.622. The van der Waals surface area contributed by atoms with Crippen LogP contribution in [-0.2, 0) is 26.2 Å². The molecule has 0 radical (unpaired) electrons. The van der Waals surface area contributed by atoms with Crippen LogP contribution < -0.4 is 23.8 Å². The maximum absolute atomic E-state index is 14.4. The molecule has 10 nitrogen and oxygen atoms in total. The molecule has 3 aromatic carbocycles. The number of sulfonamides is 1. The molecule has 3 aromatic rings. The van der Waals surface area contributed by atoms with Crippen LogP contribution in [0.25, 0.3) is 0 Å². The van der Waals surface area contributed by atoms with Crippen LogP contribution in [-0.4, -0.2) is 65.1 Å². The molecule has 0 bridgehead atoms. The summed E-state index contributed by atoms with van der Waals surface area (Å²) >= 11 is 18.8. The molecule has 0 spiro atoms. The molecule has 1 fully saturated rings. The zero-order valence-electron chi connectivity index (χ0n) is 26.6. The van der Waals surface area contributed by atoms with E-state index in [2.05, 4.69) is 5.32 Å². The fourth-order valence-electron chi connectivity index (χ4n) is 5.46. The lowest BCUT2D eigenvalue weighted by atomic mass is 9.95. The van der Waals surface area contributed by atoms with E-state index in [0.29, 0.717) is 16.3 Å². The summed E-state index contributed by atoms with van der Waals surface area (Å²) in [7, 11) is -0.274. The molecule has 1 saturated carbocycles. The number of hydrogen-bond acceptors (Lipinski definition) is 7. The molecule has 0 aliphatic heterocycles. The maximum atomic E-state index is 14.4. The van der Waals surface area contributed by atoms with E-state index in [-0.39, 0.29) is 50.6 Å². The normalized spacial score (nSPS) is 14.2. The van der Waals surface area contributed by atoms with E-state index in [0.717, 1.165) is 36.4 Å². The van der Waals surface area contributed by atoms with E-state index in [9.17, 15) is 18.0 Å². The number of nitrogens with one attached hydrogen (secondary N) is 1. The fourth-order valence-corrected chi connectivity index (χ4v) is 7.38. The van der Waals surface area contributed by atoms with Gasteiger partial charge in [0.2, 0.25) is 11.8 Å². The van der Waals surface area contributed by atoms with Crippen LogP contribution in [0.5, 0.6) is 17.2 Å². The number of carbonyl (C=O) groups excluding carboxylic acids is 2. The van der Waals surface area contributed by atoms with Crippen molar-refractivity contribution in [2.75, 3.05) is 32.2 Å². The van der Waals surface area contributed by atoms with E-state index in [1.54, 1.807) is 31.2 Å². The SMILES string of the molecule is COc1ccc(S(=O)(=O)N(CC(=O)N(Cc2ccc(Cl)c(Cl)c2)[C@@H](C)C(=O)NC2CCCCC2)c2cc(Cl)ccc2OC)cc1OC. The van der Waals surface area contributed by atoms with E-state index >= 15 is 0 Å². The van der Waals surface area contributed by atoms with Gasteiger partial charge in [0.25, 0.3) is 10.0 Å². The fraction of sp³-hybridized carbons (Fsp3) is 0.394. The molecule has 1 N–H and O–H groups in total. The van der Waals surface area contributed by atoms with Gasteiger partial charge in [0.1, 0.15) is 18.3 Å². The van der Waals surface area contributed by atoms with Gasteiger partial charge in [-0.3, -0.25) is 13.9 Å². The van der Waals surface area contributed by atoms with Crippen LogP contribution in [0.3, 0.4) is 0 Å². The van der Waals surface area contributed by atoms with Crippen LogP contribution in [0.15, 0.2) is 59.5 Å². The van der Waals surface area contributed by atoms with Gasteiger partial charge in [0, 0.05) is 23.7 Å². The van der Waals surface area contributed by atoms with Crippen molar-refractivity contribution >= 4 is 62.3 Å². The van der Waals surface area contributed by atoms with Crippen LogP contribution in [0.4, 0.5) is 5.69 Å². The predicted octanol–water partition coefficient (Wildman–Crippen LogP) is 6.73. The Morgan fingerprint density at radius 3 is 2.15 bits per heavy atom. The topological polar surface area (TPSA) is 114 Å². The zero-order valence-corrected chi connectivity index (χ0v) is 29.7. The Balaban J connectivity index is 1.78. The average Bonchev–Trinajstić information content (AvgIpc) is 3.07. The van der Waals surface area contributed by atoms with Gasteiger partial charge in [0.15, 0.2) is 11.5 Å². The summed E-state index contributed by atoms with van der Waals surface area (Å²) < 4.78 is 45.8. The molecular weight excluding hydrogens is 689 g/mol. The molecule has 47 heavy (non-hydrogen) atoms. The molecule has 1 atom stereocenters. The zero-order chi connectivity index (χ0) is 34.3. The lowest BCUT2D eigenvalue weighted by molar-refractivity contribution is -0.139. The van der Waals surface area contributed by atoms with Crippen LogP contribution >= 0.6 is 34.8 Å². The second kappa shape index (κ2) is 16.1. The highest BCUT2D eigenvalue weighted by molar-refractivity contribution is 7.92. The van der Waals surface area contributed by atoms with Crippen molar-refractivity contribution in [2.24, 2.45) is 0 Å². The Hall–Kier alpha value is -3.38. The second-order valence-electron chi connectivity index (χ2n) is 11.1. The Morgan fingerprint density at radius 2 is 1.51 bits per heavy atom.